The summed E-state index contributed by atoms with van der Waals surface area (Å²) < 4.78 is 39.3. The number of halogens is 4. The maximum atomic E-state index is 11.9. The van der Waals surface area contributed by atoms with Gasteiger partial charge in [-0.2, -0.15) is 0 Å². The van der Waals surface area contributed by atoms with E-state index in [1.165, 1.54) is 12.1 Å². The van der Waals surface area contributed by atoms with Crippen LogP contribution in [0.15, 0.2) is 24.3 Å². The number of ether oxygens (including phenoxy) is 1. The van der Waals surface area contributed by atoms with Gasteiger partial charge in [-0.3, -0.25) is 0 Å². The van der Waals surface area contributed by atoms with Gasteiger partial charge >= 0.3 is 6.36 Å². The first-order valence-corrected chi connectivity index (χ1v) is 5.29. The van der Waals surface area contributed by atoms with E-state index in [-0.39, 0.29) is 11.1 Å². The van der Waals surface area contributed by atoms with Gasteiger partial charge in [0, 0.05) is 5.38 Å². The Labute approximate surface area is 97.2 Å². The molecule has 0 N–H and O–H groups in total. The Morgan fingerprint density at radius 2 is 1.81 bits per heavy atom. The number of hydrogen-bond acceptors (Lipinski definition) is 1. The van der Waals surface area contributed by atoms with Gasteiger partial charge in [-0.25, -0.2) is 0 Å². The molecule has 1 aromatic rings. The summed E-state index contributed by atoms with van der Waals surface area (Å²) in [5.74, 6) is -0.199. The van der Waals surface area contributed by atoms with Crippen LogP contribution in [0.25, 0.3) is 0 Å². The zero-order chi connectivity index (χ0) is 12.2. The zero-order valence-electron chi connectivity index (χ0n) is 8.72. The van der Waals surface area contributed by atoms with E-state index in [2.05, 4.69) is 4.74 Å². The molecule has 0 aromatic heterocycles. The van der Waals surface area contributed by atoms with Crippen LogP contribution in [0, 0.1) is 0 Å². The highest BCUT2D eigenvalue weighted by Gasteiger charge is 2.30. The molecule has 5 heteroatoms. The molecule has 0 aliphatic rings. The van der Waals surface area contributed by atoms with Gasteiger partial charge < -0.3 is 4.74 Å². The maximum absolute atomic E-state index is 11.9. The fourth-order valence-electron chi connectivity index (χ4n) is 1.22. The highest BCUT2D eigenvalue weighted by Crippen LogP contribution is 2.23. The lowest BCUT2D eigenvalue weighted by Gasteiger charge is -2.09. The fraction of sp³-hybridized carbons (Fsp3) is 0.455. The molecular formula is C11H12ClF3O. The van der Waals surface area contributed by atoms with Crippen molar-refractivity contribution < 1.29 is 17.9 Å². The van der Waals surface area contributed by atoms with Gasteiger partial charge in [0.05, 0.1) is 0 Å². The van der Waals surface area contributed by atoms with Crippen molar-refractivity contribution in [2.45, 2.75) is 31.5 Å². The predicted octanol–water partition coefficient (Wildman–Crippen LogP) is 4.15. The Balaban J connectivity index is 2.54. The van der Waals surface area contributed by atoms with E-state index >= 15 is 0 Å². The summed E-state index contributed by atoms with van der Waals surface area (Å²) in [5.41, 5.74) is 0.946. The second-order valence-electron chi connectivity index (χ2n) is 3.51. The van der Waals surface area contributed by atoms with Crippen LogP contribution < -0.4 is 4.74 Å². The van der Waals surface area contributed by atoms with Gasteiger partial charge in [0.1, 0.15) is 5.75 Å². The second-order valence-corrected chi connectivity index (χ2v) is 4.26. The summed E-state index contributed by atoms with van der Waals surface area (Å²) in [7, 11) is 0. The highest BCUT2D eigenvalue weighted by atomic mass is 35.5. The SMILES string of the molecule is CC(Cl)CCc1ccc(OC(F)(F)F)cc1. The smallest absolute Gasteiger partial charge is 0.406 e. The van der Waals surface area contributed by atoms with Gasteiger partial charge in [-0.05, 0) is 37.5 Å². The number of benzene rings is 1. The minimum atomic E-state index is -4.63. The highest BCUT2D eigenvalue weighted by molar-refractivity contribution is 6.20. The average molecular weight is 253 g/mol. The molecular weight excluding hydrogens is 241 g/mol. The molecule has 0 amide bonds. The van der Waals surface area contributed by atoms with E-state index in [1.54, 1.807) is 12.1 Å². The van der Waals surface area contributed by atoms with E-state index < -0.39 is 6.36 Å². The first-order chi connectivity index (χ1) is 7.37. The van der Waals surface area contributed by atoms with Crippen LogP contribution in [-0.2, 0) is 6.42 Å². The third kappa shape index (κ3) is 5.26. The van der Waals surface area contributed by atoms with E-state index in [1.807, 2.05) is 6.92 Å². The van der Waals surface area contributed by atoms with Crippen LogP contribution in [0.1, 0.15) is 18.9 Å². The lowest BCUT2D eigenvalue weighted by Crippen LogP contribution is -2.17. The standard InChI is InChI=1S/C11H12ClF3O/c1-8(12)2-3-9-4-6-10(7-5-9)16-11(13,14)15/h4-8H,2-3H2,1H3. The second kappa shape index (κ2) is 5.43. The summed E-state index contributed by atoms with van der Waals surface area (Å²) in [5, 5.41) is 0.0612. The Morgan fingerprint density at radius 3 is 2.25 bits per heavy atom. The lowest BCUT2D eigenvalue weighted by molar-refractivity contribution is -0.274. The lowest BCUT2D eigenvalue weighted by atomic mass is 10.1. The van der Waals surface area contributed by atoms with E-state index in [4.69, 9.17) is 11.6 Å². The first kappa shape index (κ1) is 13.2. The summed E-state index contributed by atoms with van der Waals surface area (Å²) in [6, 6.07) is 5.84. The molecule has 1 unspecified atom stereocenters. The molecule has 0 aliphatic heterocycles. The van der Waals surface area contributed by atoms with E-state index in [9.17, 15) is 13.2 Å². The Kier molecular flexibility index (Phi) is 4.47. The molecule has 1 aromatic carbocycles. The van der Waals surface area contributed by atoms with Crippen LogP contribution in [0.3, 0.4) is 0 Å². The van der Waals surface area contributed by atoms with Crippen molar-refractivity contribution in [1.82, 2.24) is 0 Å². The average Bonchev–Trinajstić information content (AvgIpc) is 2.14. The molecule has 0 saturated carbocycles. The largest absolute Gasteiger partial charge is 0.573 e. The van der Waals surface area contributed by atoms with Crippen molar-refractivity contribution in [2.24, 2.45) is 0 Å². The number of aryl methyl sites for hydroxylation is 1. The molecule has 0 heterocycles. The molecule has 0 aliphatic carbocycles. The van der Waals surface area contributed by atoms with Crippen LogP contribution in [0.2, 0.25) is 0 Å². The van der Waals surface area contributed by atoms with Crippen molar-refractivity contribution in [3.8, 4) is 5.75 Å². The zero-order valence-corrected chi connectivity index (χ0v) is 9.48. The monoisotopic (exact) mass is 252 g/mol. The minimum Gasteiger partial charge on any atom is -0.406 e. The molecule has 16 heavy (non-hydrogen) atoms. The molecule has 90 valence electrons. The quantitative estimate of drug-likeness (QED) is 0.732. The van der Waals surface area contributed by atoms with Crippen molar-refractivity contribution >= 4 is 11.6 Å². The molecule has 0 saturated heterocycles. The molecule has 1 nitrogen and oxygen atoms in total. The van der Waals surface area contributed by atoms with Gasteiger partial charge in [0.15, 0.2) is 0 Å². The molecule has 0 fully saturated rings. The Hall–Kier alpha value is -0.900. The number of hydrogen-bond donors (Lipinski definition) is 0. The maximum Gasteiger partial charge on any atom is 0.573 e. The van der Waals surface area contributed by atoms with Gasteiger partial charge in [-0.1, -0.05) is 12.1 Å². The summed E-state index contributed by atoms with van der Waals surface area (Å²) in [6.07, 6.45) is -3.09. The molecule has 0 spiro atoms. The number of alkyl halides is 4. The Bertz CT molecular complexity index is 319. The third-order valence-corrected chi connectivity index (χ3v) is 2.21. The van der Waals surface area contributed by atoms with E-state index in [0.717, 1.165) is 18.4 Å². The minimum absolute atomic E-state index is 0.0612. The van der Waals surface area contributed by atoms with Gasteiger partial charge in [0.25, 0.3) is 0 Å². The predicted molar refractivity (Wildman–Crippen MR) is 56.8 cm³/mol. The molecule has 0 bridgehead atoms. The molecule has 1 atom stereocenters. The number of rotatable bonds is 4. The van der Waals surface area contributed by atoms with Crippen LogP contribution in [0.4, 0.5) is 13.2 Å². The molecule has 1 rings (SSSR count). The first-order valence-electron chi connectivity index (χ1n) is 4.85. The van der Waals surface area contributed by atoms with Crippen LogP contribution in [0.5, 0.6) is 5.75 Å². The normalized spacial score (nSPS) is 13.6. The Morgan fingerprint density at radius 1 is 1.25 bits per heavy atom. The van der Waals surface area contributed by atoms with Crippen LogP contribution >= 0.6 is 11.6 Å². The topological polar surface area (TPSA) is 9.23 Å². The van der Waals surface area contributed by atoms with Gasteiger partial charge in [0.2, 0.25) is 0 Å². The van der Waals surface area contributed by atoms with Gasteiger partial charge in [-0.15, -0.1) is 24.8 Å². The van der Waals surface area contributed by atoms with Crippen molar-refractivity contribution in [3.63, 3.8) is 0 Å². The van der Waals surface area contributed by atoms with Crippen molar-refractivity contribution in [1.29, 1.82) is 0 Å². The van der Waals surface area contributed by atoms with E-state index in [0.29, 0.717) is 0 Å². The summed E-state index contributed by atoms with van der Waals surface area (Å²) >= 11 is 5.77. The summed E-state index contributed by atoms with van der Waals surface area (Å²) in [4.78, 5) is 0. The van der Waals surface area contributed by atoms with Crippen LogP contribution in [-0.4, -0.2) is 11.7 Å². The summed E-state index contributed by atoms with van der Waals surface area (Å²) in [6.45, 7) is 1.88. The van der Waals surface area contributed by atoms with Crippen molar-refractivity contribution in [2.75, 3.05) is 0 Å². The third-order valence-electron chi connectivity index (χ3n) is 1.99. The molecule has 0 radical (unpaired) electrons. The fourth-order valence-corrected chi connectivity index (χ4v) is 1.33. The van der Waals surface area contributed by atoms with Crippen molar-refractivity contribution in [3.05, 3.63) is 29.8 Å².